The lowest BCUT2D eigenvalue weighted by Gasteiger charge is -2.14. The molecule has 1 aromatic heterocycles. The summed E-state index contributed by atoms with van der Waals surface area (Å²) < 4.78 is 37.2. The lowest BCUT2D eigenvalue weighted by Crippen LogP contribution is -2.21. The van der Waals surface area contributed by atoms with E-state index >= 15 is 0 Å². The highest BCUT2D eigenvalue weighted by Crippen LogP contribution is 2.29. The fourth-order valence-electron chi connectivity index (χ4n) is 1.68. The lowest BCUT2D eigenvalue weighted by molar-refractivity contribution is -0.137. The minimum atomic E-state index is -4.31. The van der Waals surface area contributed by atoms with Crippen LogP contribution in [0.25, 0.3) is 0 Å². The number of hydrogen-bond acceptors (Lipinski definition) is 3. The predicted octanol–water partition coefficient (Wildman–Crippen LogP) is 1.46. The fourth-order valence-corrected chi connectivity index (χ4v) is 1.68. The van der Waals surface area contributed by atoms with Gasteiger partial charge >= 0.3 is 6.18 Å². The van der Waals surface area contributed by atoms with Gasteiger partial charge in [0.25, 0.3) is 0 Å². The van der Waals surface area contributed by atoms with Gasteiger partial charge in [0, 0.05) is 38.7 Å². The maximum atomic E-state index is 12.4. The van der Waals surface area contributed by atoms with Crippen molar-refractivity contribution < 1.29 is 13.2 Å². The topological polar surface area (TPSA) is 28.2 Å². The van der Waals surface area contributed by atoms with Gasteiger partial charge in [-0.3, -0.25) is 9.88 Å². The van der Waals surface area contributed by atoms with E-state index < -0.39 is 11.7 Å². The summed E-state index contributed by atoms with van der Waals surface area (Å²) in [7, 11) is 0. The van der Waals surface area contributed by atoms with Gasteiger partial charge < -0.3 is 5.32 Å². The van der Waals surface area contributed by atoms with E-state index in [1.54, 1.807) is 0 Å². The Bertz CT molecular complexity index is 359. The smallest absolute Gasteiger partial charge is 0.303 e. The van der Waals surface area contributed by atoms with Crippen LogP contribution in [0.2, 0.25) is 0 Å². The number of aromatic nitrogens is 1. The van der Waals surface area contributed by atoms with E-state index in [-0.39, 0.29) is 0 Å². The molecular weight excluding hydrogens is 219 g/mol. The van der Waals surface area contributed by atoms with Gasteiger partial charge in [0.2, 0.25) is 0 Å². The summed E-state index contributed by atoms with van der Waals surface area (Å²) in [5.41, 5.74) is -0.0873. The van der Waals surface area contributed by atoms with Crippen LogP contribution in [0, 0.1) is 0 Å². The van der Waals surface area contributed by atoms with Crippen LogP contribution in [0.4, 0.5) is 13.2 Å². The number of hydrogen-bond donors (Lipinski definition) is 1. The highest BCUT2D eigenvalue weighted by molar-refractivity contribution is 5.20. The minimum absolute atomic E-state index is 0.504. The Morgan fingerprint density at radius 3 is 2.81 bits per heavy atom. The molecule has 0 spiro atoms. The van der Waals surface area contributed by atoms with Crippen LogP contribution < -0.4 is 5.32 Å². The molecular formula is C10H12F3N3. The molecule has 0 radical (unpaired) electrons. The summed E-state index contributed by atoms with van der Waals surface area (Å²) >= 11 is 0. The largest absolute Gasteiger partial charge is 0.417 e. The summed E-state index contributed by atoms with van der Waals surface area (Å²) in [6.07, 6.45) is -1.98. The molecule has 2 heterocycles. The number of nitrogens with zero attached hydrogens (tertiary/aromatic N) is 2. The number of nitrogens with one attached hydrogen (secondary N) is 1. The Morgan fingerprint density at radius 1 is 1.38 bits per heavy atom. The van der Waals surface area contributed by atoms with Gasteiger partial charge in [-0.25, -0.2) is 0 Å². The molecule has 16 heavy (non-hydrogen) atoms. The van der Waals surface area contributed by atoms with Crippen molar-refractivity contribution in [3.8, 4) is 0 Å². The summed E-state index contributed by atoms with van der Waals surface area (Å²) in [5.74, 6) is 0. The van der Waals surface area contributed by atoms with Crippen molar-refractivity contribution in [1.29, 1.82) is 0 Å². The Morgan fingerprint density at radius 2 is 2.19 bits per heavy atom. The van der Waals surface area contributed by atoms with Crippen molar-refractivity contribution in [2.45, 2.75) is 12.7 Å². The van der Waals surface area contributed by atoms with E-state index in [4.69, 9.17) is 0 Å². The summed E-state index contributed by atoms with van der Waals surface area (Å²) in [6.45, 7) is 2.96. The van der Waals surface area contributed by atoms with Crippen LogP contribution in [0.3, 0.4) is 0 Å². The van der Waals surface area contributed by atoms with Gasteiger partial charge in [-0.05, 0) is 11.6 Å². The van der Waals surface area contributed by atoms with Crippen molar-refractivity contribution in [1.82, 2.24) is 15.2 Å². The van der Waals surface area contributed by atoms with Crippen molar-refractivity contribution >= 4 is 0 Å². The number of alkyl halides is 3. The monoisotopic (exact) mass is 231 g/mol. The first-order valence-electron chi connectivity index (χ1n) is 5.00. The van der Waals surface area contributed by atoms with E-state index in [9.17, 15) is 13.2 Å². The molecule has 1 aliphatic rings. The molecule has 0 aliphatic carbocycles. The third-order valence-corrected chi connectivity index (χ3v) is 2.47. The molecule has 0 atom stereocenters. The molecule has 88 valence electrons. The second kappa shape index (κ2) is 4.39. The Labute approximate surface area is 91.3 Å². The number of halogens is 3. The van der Waals surface area contributed by atoms with Crippen LogP contribution in [0.1, 0.15) is 11.1 Å². The number of pyridine rings is 1. The first-order valence-corrected chi connectivity index (χ1v) is 5.00. The Balaban J connectivity index is 2.09. The van der Waals surface area contributed by atoms with E-state index in [1.807, 2.05) is 4.90 Å². The van der Waals surface area contributed by atoms with E-state index in [0.717, 1.165) is 32.0 Å². The van der Waals surface area contributed by atoms with Gasteiger partial charge in [0.15, 0.2) is 0 Å². The Kier molecular flexibility index (Phi) is 3.11. The fraction of sp³-hybridized carbons (Fsp3) is 0.500. The highest BCUT2D eigenvalue weighted by Gasteiger charge is 2.31. The second-order valence-corrected chi connectivity index (χ2v) is 3.79. The third-order valence-electron chi connectivity index (χ3n) is 2.47. The maximum absolute atomic E-state index is 12.4. The molecule has 1 fully saturated rings. The molecule has 1 aromatic rings. The van der Waals surface area contributed by atoms with E-state index in [0.29, 0.717) is 12.1 Å². The quantitative estimate of drug-likeness (QED) is 0.835. The standard InChI is InChI=1S/C10H12F3N3/c11-10(12,13)9-3-8(4-15-5-9)6-16-2-1-14-7-16/h3-5,14H,1-2,6-7H2. The van der Waals surface area contributed by atoms with E-state index in [2.05, 4.69) is 10.3 Å². The van der Waals surface area contributed by atoms with E-state index in [1.165, 1.54) is 6.20 Å². The molecule has 1 N–H and O–H groups in total. The van der Waals surface area contributed by atoms with Crippen molar-refractivity contribution in [2.24, 2.45) is 0 Å². The second-order valence-electron chi connectivity index (χ2n) is 3.79. The van der Waals surface area contributed by atoms with Gasteiger partial charge in [-0.15, -0.1) is 0 Å². The molecule has 0 bridgehead atoms. The molecule has 0 aromatic carbocycles. The van der Waals surface area contributed by atoms with Gasteiger partial charge in [0.1, 0.15) is 0 Å². The zero-order valence-electron chi connectivity index (χ0n) is 8.59. The van der Waals surface area contributed by atoms with Crippen LogP contribution in [-0.2, 0) is 12.7 Å². The molecule has 1 saturated heterocycles. The lowest BCUT2D eigenvalue weighted by atomic mass is 10.2. The molecule has 0 unspecified atom stereocenters. The average Bonchev–Trinajstić information content (AvgIpc) is 2.70. The molecule has 0 amide bonds. The molecule has 0 saturated carbocycles. The van der Waals surface area contributed by atoms with Crippen molar-refractivity contribution in [2.75, 3.05) is 19.8 Å². The Hall–Kier alpha value is -1.14. The summed E-state index contributed by atoms with van der Waals surface area (Å²) in [4.78, 5) is 5.66. The third kappa shape index (κ3) is 2.70. The minimum Gasteiger partial charge on any atom is -0.303 e. The van der Waals surface area contributed by atoms with Crippen molar-refractivity contribution in [3.63, 3.8) is 0 Å². The first kappa shape index (κ1) is 11.3. The van der Waals surface area contributed by atoms with Crippen LogP contribution >= 0.6 is 0 Å². The zero-order chi connectivity index (χ0) is 11.6. The SMILES string of the molecule is FC(F)(F)c1cncc(CN2CCNC2)c1. The molecule has 1 aliphatic heterocycles. The van der Waals surface area contributed by atoms with Crippen molar-refractivity contribution in [3.05, 3.63) is 29.6 Å². The summed E-state index contributed by atoms with van der Waals surface area (Å²) in [6, 6.07) is 1.16. The molecule has 2 rings (SSSR count). The van der Waals surface area contributed by atoms with Crippen LogP contribution in [-0.4, -0.2) is 29.6 Å². The normalized spacial score (nSPS) is 17.9. The highest BCUT2D eigenvalue weighted by atomic mass is 19.4. The van der Waals surface area contributed by atoms with Crippen LogP contribution in [0.5, 0.6) is 0 Å². The van der Waals surface area contributed by atoms with Gasteiger partial charge in [-0.2, -0.15) is 13.2 Å². The van der Waals surface area contributed by atoms with Crippen LogP contribution in [0.15, 0.2) is 18.5 Å². The maximum Gasteiger partial charge on any atom is 0.417 e. The predicted molar refractivity (Wildman–Crippen MR) is 52.5 cm³/mol. The first-order chi connectivity index (χ1) is 7.55. The average molecular weight is 231 g/mol. The zero-order valence-corrected chi connectivity index (χ0v) is 8.59. The summed E-state index contributed by atoms with van der Waals surface area (Å²) in [5, 5.41) is 3.12. The van der Waals surface area contributed by atoms with Gasteiger partial charge in [0.05, 0.1) is 5.56 Å². The van der Waals surface area contributed by atoms with Gasteiger partial charge in [-0.1, -0.05) is 0 Å². The number of rotatable bonds is 2. The molecule has 3 nitrogen and oxygen atoms in total. The molecule has 6 heteroatoms.